The molecule has 6 nitrogen and oxygen atoms in total. The third kappa shape index (κ3) is 4.62. The van der Waals surface area contributed by atoms with Crippen molar-refractivity contribution in [1.82, 2.24) is 0 Å². The maximum absolute atomic E-state index is 12.2. The molecule has 2 aromatic rings. The second-order valence-electron chi connectivity index (χ2n) is 4.85. The first kappa shape index (κ1) is 18.1. The summed E-state index contributed by atoms with van der Waals surface area (Å²) in [7, 11) is 1.52. The lowest BCUT2D eigenvalue weighted by Crippen LogP contribution is -2.22. The molecule has 0 aliphatic rings. The zero-order valence-electron chi connectivity index (χ0n) is 13.0. The fourth-order valence-electron chi connectivity index (χ4n) is 1.89. The van der Waals surface area contributed by atoms with Crippen LogP contribution < -0.4 is 10.1 Å². The van der Waals surface area contributed by atoms with Crippen LogP contribution >= 0.6 is 23.4 Å². The van der Waals surface area contributed by atoms with Gasteiger partial charge in [-0.2, -0.15) is 0 Å². The topological polar surface area (TPSA) is 81.5 Å². The molecule has 0 saturated carbocycles. The number of amides is 1. The number of nitro groups is 1. The van der Waals surface area contributed by atoms with Gasteiger partial charge in [0.1, 0.15) is 5.75 Å². The molecule has 0 aliphatic heterocycles. The molecule has 1 atom stereocenters. The van der Waals surface area contributed by atoms with E-state index in [2.05, 4.69) is 5.32 Å². The molecule has 126 valence electrons. The predicted octanol–water partition coefficient (Wildman–Crippen LogP) is 4.38. The number of hydrogen-bond acceptors (Lipinski definition) is 5. The standard InChI is InChI=1S/C16H15ClN2O4S/c1-10(24-13-6-4-12(5-7-13)19(21)22)16(20)18-11-3-8-15(23-2)14(17)9-11/h3-10H,1-2H3,(H,18,20)/t10-/m0/s1. The molecule has 0 radical (unpaired) electrons. The first-order valence-electron chi connectivity index (χ1n) is 6.96. The molecule has 2 rings (SSSR count). The van der Waals surface area contributed by atoms with E-state index in [1.807, 2.05) is 0 Å². The molecule has 0 aliphatic carbocycles. The third-order valence-corrected chi connectivity index (χ3v) is 4.56. The first-order chi connectivity index (χ1) is 11.4. The first-order valence-corrected chi connectivity index (χ1v) is 8.22. The smallest absolute Gasteiger partial charge is 0.269 e. The van der Waals surface area contributed by atoms with Gasteiger partial charge in [-0.25, -0.2) is 0 Å². The summed E-state index contributed by atoms with van der Waals surface area (Å²) in [6.45, 7) is 1.76. The Labute approximate surface area is 148 Å². The minimum atomic E-state index is -0.460. The minimum Gasteiger partial charge on any atom is -0.495 e. The third-order valence-electron chi connectivity index (χ3n) is 3.15. The van der Waals surface area contributed by atoms with Crippen molar-refractivity contribution in [3.8, 4) is 5.75 Å². The van der Waals surface area contributed by atoms with Crippen molar-refractivity contribution < 1.29 is 14.5 Å². The SMILES string of the molecule is COc1ccc(NC(=O)[C@H](C)Sc2ccc([N+](=O)[O-])cc2)cc1Cl. The summed E-state index contributed by atoms with van der Waals surface area (Å²) in [5.74, 6) is 0.336. The molecule has 0 aromatic heterocycles. The Balaban J connectivity index is 1.99. The van der Waals surface area contributed by atoms with Crippen LogP contribution in [-0.2, 0) is 4.79 Å². The molecule has 0 saturated heterocycles. The van der Waals surface area contributed by atoms with E-state index in [0.717, 1.165) is 4.90 Å². The van der Waals surface area contributed by atoms with E-state index in [0.29, 0.717) is 16.5 Å². The second kappa shape index (κ2) is 8.03. The predicted molar refractivity (Wildman–Crippen MR) is 95.0 cm³/mol. The van der Waals surface area contributed by atoms with Crippen molar-refractivity contribution in [2.24, 2.45) is 0 Å². The molecule has 0 bridgehead atoms. The van der Waals surface area contributed by atoms with Gasteiger partial charge in [0, 0.05) is 22.7 Å². The van der Waals surface area contributed by atoms with E-state index in [9.17, 15) is 14.9 Å². The Kier molecular flexibility index (Phi) is 6.05. The van der Waals surface area contributed by atoms with Crippen LogP contribution in [0.5, 0.6) is 5.75 Å². The molecule has 0 spiro atoms. The van der Waals surface area contributed by atoms with Crippen molar-refractivity contribution in [1.29, 1.82) is 0 Å². The molecule has 24 heavy (non-hydrogen) atoms. The maximum atomic E-state index is 12.2. The van der Waals surface area contributed by atoms with Gasteiger partial charge in [0.15, 0.2) is 0 Å². The maximum Gasteiger partial charge on any atom is 0.269 e. The van der Waals surface area contributed by atoms with Gasteiger partial charge < -0.3 is 10.1 Å². The van der Waals surface area contributed by atoms with Gasteiger partial charge in [-0.1, -0.05) is 11.6 Å². The number of methoxy groups -OCH3 is 1. The molecule has 2 aromatic carbocycles. The number of non-ortho nitro benzene ring substituents is 1. The molecule has 0 unspecified atom stereocenters. The summed E-state index contributed by atoms with van der Waals surface area (Å²) in [5, 5.41) is 13.4. The lowest BCUT2D eigenvalue weighted by molar-refractivity contribution is -0.384. The number of rotatable bonds is 6. The molecule has 1 amide bonds. The van der Waals surface area contributed by atoms with Crippen LogP contribution in [0.2, 0.25) is 5.02 Å². The Morgan fingerprint density at radius 1 is 1.29 bits per heavy atom. The van der Waals surface area contributed by atoms with E-state index >= 15 is 0 Å². The lowest BCUT2D eigenvalue weighted by Gasteiger charge is -2.13. The summed E-state index contributed by atoms with van der Waals surface area (Å²) >= 11 is 7.34. The highest BCUT2D eigenvalue weighted by molar-refractivity contribution is 8.00. The molecule has 0 heterocycles. The quantitative estimate of drug-likeness (QED) is 0.466. The fourth-order valence-corrected chi connectivity index (χ4v) is 3.02. The summed E-state index contributed by atoms with van der Waals surface area (Å²) in [6, 6.07) is 11.1. The van der Waals surface area contributed by atoms with Gasteiger partial charge >= 0.3 is 0 Å². The van der Waals surface area contributed by atoms with Crippen molar-refractivity contribution in [2.75, 3.05) is 12.4 Å². The van der Waals surface area contributed by atoms with Crippen molar-refractivity contribution in [3.05, 3.63) is 57.6 Å². The zero-order valence-corrected chi connectivity index (χ0v) is 14.6. The molecule has 0 fully saturated rings. The summed E-state index contributed by atoms with van der Waals surface area (Å²) in [5.41, 5.74) is 0.589. The van der Waals surface area contributed by atoms with E-state index in [1.165, 1.54) is 31.0 Å². The van der Waals surface area contributed by atoms with Crippen LogP contribution in [0.1, 0.15) is 6.92 Å². The number of ether oxygens (including phenoxy) is 1. The Morgan fingerprint density at radius 3 is 2.50 bits per heavy atom. The number of nitrogens with one attached hydrogen (secondary N) is 1. The van der Waals surface area contributed by atoms with Gasteiger partial charge in [-0.05, 0) is 37.3 Å². The minimum absolute atomic E-state index is 0.0179. The van der Waals surface area contributed by atoms with Crippen molar-refractivity contribution in [3.63, 3.8) is 0 Å². The van der Waals surface area contributed by atoms with Crippen LogP contribution in [-0.4, -0.2) is 23.2 Å². The van der Waals surface area contributed by atoms with Gasteiger partial charge in [0.05, 0.1) is 22.3 Å². The summed E-state index contributed by atoms with van der Waals surface area (Å²) < 4.78 is 5.06. The van der Waals surface area contributed by atoms with Crippen LogP contribution in [0.25, 0.3) is 0 Å². The highest BCUT2D eigenvalue weighted by atomic mass is 35.5. The number of nitrogens with zero attached hydrogens (tertiary/aromatic N) is 1. The van der Waals surface area contributed by atoms with Crippen LogP contribution in [0, 0.1) is 10.1 Å². The van der Waals surface area contributed by atoms with E-state index in [4.69, 9.17) is 16.3 Å². The van der Waals surface area contributed by atoms with Crippen LogP contribution in [0.15, 0.2) is 47.4 Å². The molecule has 8 heteroatoms. The molecular weight excluding hydrogens is 352 g/mol. The largest absolute Gasteiger partial charge is 0.495 e. The lowest BCUT2D eigenvalue weighted by atomic mass is 10.3. The number of thioether (sulfide) groups is 1. The molecule has 1 N–H and O–H groups in total. The summed E-state index contributed by atoms with van der Waals surface area (Å²) in [4.78, 5) is 23.2. The van der Waals surface area contributed by atoms with Crippen molar-refractivity contribution >= 4 is 40.6 Å². The number of benzene rings is 2. The molecular formula is C16H15ClN2O4S. The number of nitro benzene ring substituents is 1. The average Bonchev–Trinajstić information content (AvgIpc) is 2.55. The van der Waals surface area contributed by atoms with Gasteiger partial charge in [0.25, 0.3) is 5.69 Å². The zero-order chi connectivity index (χ0) is 17.7. The highest BCUT2D eigenvalue weighted by Crippen LogP contribution is 2.29. The van der Waals surface area contributed by atoms with E-state index in [-0.39, 0.29) is 16.8 Å². The summed E-state index contributed by atoms with van der Waals surface area (Å²) in [6.07, 6.45) is 0. The second-order valence-corrected chi connectivity index (χ2v) is 6.67. The number of carbonyl (C=O) groups excluding carboxylic acids is 1. The number of halogens is 1. The van der Waals surface area contributed by atoms with Gasteiger partial charge in [-0.15, -0.1) is 11.8 Å². The van der Waals surface area contributed by atoms with Crippen LogP contribution in [0.4, 0.5) is 11.4 Å². The van der Waals surface area contributed by atoms with E-state index < -0.39 is 4.92 Å². The van der Waals surface area contributed by atoms with Gasteiger partial charge in [0.2, 0.25) is 5.91 Å². The monoisotopic (exact) mass is 366 g/mol. The average molecular weight is 367 g/mol. The normalized spacial score (nSPS) is 11.6. The number of hydrogen-bond donors (Lipinski definition) is 1. The van der Waals surface area contributed by atoms with Gasteiger partial charge in [-0.3, -0.25) is 14.9 Å². The number of anilines is 1. The Bertz CT molecular complexity index is 752. The fraction of sp³-hybridized carbons (Fsp3) is 0.188. The number of carbonyl (C=O) groups is 1. The van der Waals surface area contributed by atoms with Crippen molar-refractivity contribution in [2.45, 2.75) is 17.1 Å². The van der Waals surface area contributed by atoms with E-state index in [1.54, 1.807) is 37.3 Å². The Hall–Kier alpha value is -2.25. The van der Waals surface area contributed by atoms with Crippen LogP contribution in [0.3, 0.4) is 0 Å². The Morgan fingerprint density at radius 2 is 1.96 bits per heavy atom. The highest BCUT2D eigenvalue weighted by Gasteiger charge is 2.16.